The Kier molecular flexibility index (Phi) is 4.59. The molecule has 2 amide bonds. The van der Waals surface area contributed by atoms with Crippen LogP contribution in [0.5, 0.6) is 0 Å². The first kappa shape index (κ1) is 15.5. The molecule has 114 valence electrons. The van der Waals surface area contributed by atoms with Crippen molar-refractivity contribution in [2.45, 2.75) is 25.4 Å². The number of benzene rings is 1. The lowest BCUT2D eigenvalue weighted by Gasteiger charge is -2.21. The molecule has 1 atom stereocenters. The maximum atomic E-state index is 12.2. The van der Waals surface area contributed by atoms with E-state index in [2.05, 4.69) is 5.32 Å². The number of nitrogens with two attached hydrogens (primary N) is 1. The molecule has 1 saturated heterocycles. The van der Waals surface area contributed by atoms with E-state index in [1.54, 1.807) is 18.0 Å². The monoisotopic (exact) mass is 291 g/mol. The van der Waals surface area contributed by atoms with E-state index in [4.69, 9.17) is 10.5 Å². The van der Waals surface area contributed by atoms with Gasteiger partial charge in [0.2, 0.25) is 11.8 Å². The van der Waals surface area contributed by atoms with Crippen LogP contribution in [0.25, 0.3) is 0 Å². The molecule has 0 saturated carbocycles. The molecule has 0 radical (unpaired) electrons. The molecule has 1 aliphatic rings. The van der Waals surface area contributed by atoms with Gasteiger partial charge in [-0.25, -0.2) is 0 Å². The number of rotatable bonds is 4. The summed E-state index contributed by atoms with van der Waals surface area (Å²) < 4.78 is 5.19. The van der Waals surface area contributed by atoms with Crippen molar-refractivity contribution in [3.8, 4) is 0 Å². The minimum atomic E-state index is -0.952. The Hall–Kier alpha value is -1.92. The number of carbonyl (C=O) groups is 2. The Labute approximate surface area is 124 Å². The fourth-order valence-corrected chi connectivity index (χ4v) is 2.15. The SMILES string of the molecule is CC(=O)N(C)Cc1cccc(NC(=O)C2(N)CCOC2)c1. The van der Waals surface area contributed by atoms with Crippen LogP contribution in [0, 0.1) is 0 Å². The first-order chi connectivity index (χ1) is 9.90. The quantitative estimate of drug-likeness (QED) is 0.856. The molecule has 21 heavy (non-hydrogen) atoms. The van der Waals surface area contributed by atoms with E-state index >= 15 is 0 Å². The van der Waals surface area contributed by atoms with Gasteiger partial charge in [0.15, 0.2) is 0 Å². The van der Waals surface area contributed by atoms with Crippen molar-refractivity contribution in [3.05, 3.63) is 29.8 Å². The first-order valence-electron chi connectivity index (χ1n) is 6.89. The van der Waals surface area contributed by atoms with Crippen LogP contribution in [-0.4, -0.2) is 42.5 Å². The minimum absolute atomic E-state index is 0.00606. The van der Waals surface area contributed by atoms with Gasteiger partial charge in [-0.15, -0.1) is 0 Å². The zero-order valence-electron chi connectivity index (χ0n) is 12.4. The number of hydrogen-bond donors (Lipinski definition) is 2. The highest BCUT2D eigenvalue weighted by Crippen LogP contribution is 2.19. The van der Waals surface area contributed by atoms with E-state index in [1.165, 1.54) is 6.92 Å². The first-order valence-corrected chi connectivity index (χ1v) is 6.89. The van der Waals surface area contributed by atoms with Gasteiger partial charge in [-0.05, 0) is 24.1 Å². The lowest BCUT2D eigenvalue weighted by atomic mass is 9.99. The van der Waals surface area contributed by atoms with Crippen molar-refractivity contribution in [1.82, 2.24) is 4.90 Å². The van der Waals surface area contributed by atoms with Crippen molar-refractivity contribution < 1.29 is 14.3 Å². The van der Waals surface area contributed by atoms with E-state index in [0.717, 1.165) is 5.56 Å². The van der Waals surface area contributed by atoms with E-state index in [9.17, 15) is 9.59 Å². The fourth-order valence-electron chi connectivity index (χ4n) is 2.15. The summed E-state index contributed by atoms with van der Waals surface area (Å²) in [5.74, 6) is -0.245. The molecular weight excluding hydrogens is 270 g/mol. The largest absolute Gasteiger partial charge is 0.379 e. The lowest BCUT2D eigenvalue weighted by Crippen LogP contribution is -2.51. The fraction of sp³-hybridized carbons (Fsp3) is 0.467. The Balaban J connectivity index is 2.04. The summed E-state index contributed by atoms with van der Waals surface area (Å²) in [4.78, 5) is 25.1. The summed E-state index contributed by atoms with van der Waals surface area (Å²) in [7, 11) is 1.73. The van der Waals surface area contributed by atoms with E-state index in [-0.39, 0.29) is 18.4 Å². The smallest absolute Gasteiger partial charge is 0.246 e. The van der Waals surface area contributed by atoms with Gasteiger partial charge in [0, 0.05) is 32.8 Å². The molecule has 0 bridgehead atoms. The number of nitrogens with zero attached hydrogens (tertiary/aromatic N) is 1. The second kappa shape index (κ2) is 6.24. The van der Waals surface area contributed by atoms with Gasteiger partial charge in [-0.2, -0.15) is 0 Å². The molecule has 1 heterocycles. The third kappa shape index (κ3) is 3.80. The third-order valence-electron chi connectivity index (χ3n) is 3.65. The van der Waals surface area contributed by atoms with Crippen LogP contribution in [0.3, 0.4) is 0 Å². The molecule has 6 nitrogen and oxygen atoms in total. The minimum Gasteiger partial charge on any atom is -0.379 e. The Morgan fingerprint density at radius 2 is 2.24 bits per heavy atom. The maximum absolute atomic E-state index is 12.2. The van der Waals surface area contributed by atoms with Crippen LogP contribution in [0.2, 0.25) is 0 Å². The molecule has 0 aromatic heterocycles. The van der Waals surface area contributed by atoms with Gasteiger partial charge < -0.3 is 20.7 Å². The molecule has 1 aliphatic heterocycles. The van der Waals surface area contributed by atoms with Crippen LogP contribution >= 0.6 is 0 Å². The van der Waals surface area contributed by atoms with Crippen molar-refractivity contribution in [2.75, 3.05) is 25.6 Å². The predicted octanol–water partition coefficient (Wildman–Crippen LogP) is 0.721. The highest BCUT2D eigenvalue weighted by Gasteiger charge is 2.38. The van der Waals surface area contributed by atoms with Crippen molar-refractivity contribution in [2.24, 2.45) is 5.73 Å². The number of amides is 2. The molecule has 6 heteroatoms. The van der Waals surface area contributed by atoms with Crippen LogP contribution in [0.15, 0.2) is 24.3 Å². The number of hydrogen-bond acceptors (Lipinski definition) is 4. The van der Waals surface area contributed by atoms with Gasteiger partial charge in [0.25, 0.3) is 0 Å². The van der Waals surface area contributed by atoms with E-state index in [0.29, 0.717) is 25.3 Å². The van der Waals surface area contributed by atoms with E-state index in [1.807, 2.05) is 18.2 Å². The number of ether oxygens (including phenoxy) is 1. The number of anilines is 1. The van der Waals surface area contributed by atoms with Gasteiger partial charge in [0.05, 0.1) is 6.61 Å². The molecule has 3 N–H and O–H groups in total. The summed E-state index contributed by atoms with van der Waals surface area (Å²) >= 11 is 0. The second-order valence-electron chi connectivity index (χ2n) is 5.49. The van der Waals surface area contributed by atoms with Crippen LogP contribution in [0.4, 0.5) is 5.69 Å². The Bertz CT molecular complexity index is 539. The third-order valence-corrected chi connectivity index (χ3v) is 3.65. The van der Waals surface area contributed by atoms with Gasteiger partial charge in [-0.1, -0.05) is 12.1 Å². The molecule has 1 aromatic carbocycles. The highest BCUT2D eigenvalue weighted by atomic mass is 16.5. The maximum Gasteiger partial charge on any atom is 0.246 e. The van der Waals surface area contributed by atoms with Crippen molar-refractivity contribution >= 4 is 17.5 Å². The molecule has 1 unspecified atom stereocenters. The molecule has 0 aliphatic carbocycles. The highest BCUT2D eigenvalue weighted by molar-refractivity contribution is 5.98. The zero-order valence-corrected chi connectivity index (χ0v) is 12.4. The predicted molar refractivity (Wildman–Crippen MR) is 79.6 cm³/mol. The topological polar surface area (TPSA) is 84.7 Å². The van der Waals surface area contributed by atoms with Crippen LogP contribution < -0.4 is 11.1 Å². The average Bonchev–Trinajstić information content (AvgIpc) is 2.87. The van der Waals surface area contributed by atoms with Crippen LogP contribution in [0.1, 0.15) is 18.9 Å². The zero-order chi connectivity index (χ0) is 15.5. The van der Waals surface area contributed by atoms with Gasteiger partial charge in [-0.3, -0.25) is 9.59 Å². The summed E-state index contributed by atoms with van der Waals surface area (Å²) in [6, 6.07) is 7.39. The lowest BCUT2D eigenvalue weighted by molar-refractivity contribution is -0.128. The molecule has 0 spiro atoms. The average molecular weight is 291 g/mol. The molecular formula is C15H21N3O3. The summed E-state index contributed by atoms with van der Waals surface area (Å²) in [5, 5.41) is 2.82. The van der Waals surface area contributed by atoms with Crippen molar-refractivity contribution in [3.63, 3.8) is 0 Å². The normalized spacial score (nSPS) is 21.1. The number of nitrogens with one attached hydrogen (secondary N) is 1. The summed E-state index contributed by atoms with van der Waals surface area (Å²) in [6.45, 7) is 2.76. The number of carbonyl (C=O) groups excluding carboxylic acids is 2. The van der Waals surface area contributed by atoms with E-state index < -0.39 is 5.54 Å². The molecule has 2 rings (SSSR count). The summed E-state index contributed by atoms with van der Waals surface area (Å²) in [6.07, 6.45) is 0.519. The Morgan fingerprint density at radius 3 is 2.86 bits per heavy atom. The van der Waals surface area contributed by atoms with Gasteiger partial charge in [0.1, 0.15) is 5.54 Å². The summed E-state index contributed by atoms with van der Waals surface area (Å²) in [5.41, 5.74) is 6.68. The van der Waals surface area contributed by atoms with Gasteiger partial charge >= 0.3 is 0 Å². The molecule has 1 aromatic rings. The second-order valence-corrected chi connectivity index (χ2v) is 5.49. The van der Waals surface area contributed by atoms with Crippen molar-refractivity contribution in [1.29, 1.82) is 0 Å². The van der Waals surface area contributed by atoms with Crippen LogP contribution in [-0.2, 0) is 20.9 Å². The molecule has 1 fully saturated rings. The Morgan fingerprint density at radius 1 is 1.48 bits per heavy atom. The standard InChI is InChI=1S/C15H21N3O3/c1-11(19)18(2)9-12-4-3-5-13(8-12)17-14(20)15(16)6-7-21-10-15/h3-5,8H,6-7,9-10,16H2,1-2H3,(H,17,20).